The summed E-state index contributed by atoms with van der Waals surface area (Å²) < 4.78 is 28.5. The van der Waals surface area contributed by atoms with Crippen LogP contribution in [0.1, 0.15) is 22.7 Å². The highest BCUT2D eigenvalue weighted by Crippen LogP contribution is 2.36. The standard InChI is InChI=1S/C25H20F2N6O/c1-16-7-9-18(10-8-16)23-14-22(17-5-3-2-4-6-17)32(25-29-30-31-33(23)25)15-24(34)28-19-11-12-20(26)21(27)13-19/h2-14,23H,15H2,1H3,(H,28,34)/t23-/m1/s1. The number of nitrogens with one attached hydrogen (secondary N) is 1. The number of anilines is 2. The number of aromatic nitrogens is 4. The van der Waals surface area contributed by atoms with Crippen molar-refractivity contribution in [2.24, 2.45) is 0 Å². The molecule has 0 spiro atoms. The highest BCUT2D eigenvalue weighted by atomic mass is 19.2. The van der Waals surface area contributed by atoms with Gasteiger partial charge in [0.2, 0.25) is 5.91 Å². The van der Waals surface area contributed by atoms with Gasteiger partial charge in [-0.15, -0.1) is 0 Å². The Balaban J connectivity index is 1.51. The molecular weight excluding hydrogens is 438 g/mol. The van der Waals surface area contributed by atoms with Crippen LogP contribution in [0.2, 0.25) is 0 Å². The van der Waals surface area contributed by atoms with Crippen LogP contribution < -0.4 is 10.2 Å². The van der Waals surface area contributed by atoms with E-state index in [1.54, 1.807) is 9.58 Å². The molecule has 1 amide bonds. The third-order valence-electron chi connectivity index (χ3n) is 5.58. The quantitative estimate of drug-likeness (QED) is 0.481. The van der Waals surface area contributed by atoms with E-state index in [1.807, 2.05) is 67.6 Å². The summed E-state index contributed by atoms with van der Waals surface area (Å²) in [5, 5.41) is 14.8. The van der Waals surface area contributed by atoms with Gasteiger partial charge in [0.1, 0.15) is 12.6 Å². The van der Waals surface area contributed by atoms with Gasteiger partial charge in [0.15, 0.2) is 11.6 Å². The summed E-state index contributed by atoms with van der Waals surface area (Å²) in [6, 6.07) is 20.7. The largest absolute Gasteiger partial charge is 0.324 e. The van der Waals surface area contributed by atoms with E-state index >= 15 is 0 Å². The van der Waals surface area contributed by atoms with Gasteiger partial charge in [-0.2, -0.15) is 4.68 Å². The number of nitrogens with zero attached hydrogens (tertiary/aromatic N) is 5. The van der Waals surface area contributed by atoms with Gasteiger partial charge in [-0.05, 0) is 46.7 Å². The summed E-state index contributed by atoms with van der Waals surface area (Å²) >= 11 is 0. The number of halogens is 2. The second-order valence-electron chi connectivity index (χ2n) is 7.96. The summed E-state index contributed by atoms with van der Waals surface area (Å²) in [6.45, 7) is 1.88. The zero-order valence-corrected chi connectivity index (χ0v) is 18.2. The number of benzene rings is 3. The zero-order chi connectivity index (χ0) is 23.7. The van der Waals surface area contributed by atoms with E-state index in [0.29, 0.717) is 5.95 Å². The number of carbonyl (C=O) groups excluding carboxylic acids is 1. The van der Waals surface area contributed by atoms with Crippen LogP contribution in [-0.4, -0.2) is 32.7 Å². The van der Waals surface area contributed by atoms with Gasteiger partial charge in [-0.25, -0.2) is 8.78 Å². The minimum Gasteiger partial charge on any atom is -0.324 e. The Labute approximate surface area is 194 Å². The first-order valence-electron chi connectivity index (χ1n) is 10.6. The van der Waals surface area contributed by atoms with Crippen molar-refractivity contribution in [3.05, 3.63) is 107 Å². The van der Waals surface area contributed by atoms with E-state index in [1.165, 1.54) is 6.07 Å². The summed E-state index contributed by atoms with van der Waals surface area (Å²) in [5.74, 6) is -2.06. The van der Waals surface area contributed by atoms with Crippen molar-refractivity contribution in [1.82, 2.24) is 20.2 Å². The van der Waals surface area contributed by atoms with E-state index in [4.69, 9.17) is 0 Å². The molecule has 0 bridgehead atoms. The molecule has 1 N–H and O–H groups in total. The molecule has 0 saturated carbocycles. The van der Waals surface area contributed by atoms with Gasteiger partial charge >= 0.3 is 0 Å². The van der Waals surface area contributed by atoms with Crippen molar-refractivity contribution in [1.29, 1.82) is 0 Å². The fraction of sp³-hybridized carbons (Fsp3) is 0.120. The first kappa shape index (κ1) is 21.4. The van der Waals surface area contributed by atoms with Crippen LogP contribution in [0.25, 0.3) is 5.70 Å². The van der Waals surface area contributed by atoms with E-state index in [-0.39, 0.29) is 18.3 Å². The van der Waals surface area contributed by atoms with Crippen molar-refractivity contribution in [2.75, 3.05) is 16.8 Å². The Bertz CT molecular complexity index is 1370. The first-order chi connectivity index (χ1) is 16.5. The minimum atomic E-state index is -1.04. The fourth-order valence-corrected chi connectivity index (χ4v) is 3.90. The molecule has 0 unspecified atom stereocenters. The minimum absolute atomic E-state index is 0.138. The molecule has 1 aliphatic heterocycles. The van der Waals surface area contributed by atoms with Crippen LogP contribution in [0, 0.1) is 18.6 Å². The summed E-state index contributed by atoms with van der Waals surface area (Å²) in [4.78, 5) is 14.6. The van der Waals surface area contributed by atoms with Crippen LogP contribution >= 0.6 is 0 Å². The Kier molecular flexibility index (Phi) is 5.59. The maximum atomic E-state index is 13.6. The van der Waals surface area contributed by atoms with Crippen LogP contribution in [-0.2, 0) is 4.79 Å². The fourth-order valence-electron chi connectivity index (χ4n) is 3.90. The number of hydrogen-bond acceptors (Lipinski definition) is 5. The predicted molar refractivity (Wildman–Crippen MR) is 124 cm³/mol. The lowest BCUT2D eigenvalue weighted by Gasteiger charge is -2.32. The van der Waals surface area contributed by atoms with Crippen molar-refractivity contribution >= 4 is 23.2 Å². The zero-order valence-electron chi connectivity index (χ0n) is 18.2. The third-order valence-corrected chi connectivity index (χ3v) is 5.58. The second kappa shape index (κ2) is 8.86. The first-order valence-corrected chi connectivity index (χ1v) is 10.6. The number of aryl methyl sites for hydroxylation is 1. The molecule has 3 aromatic carbocycles. The van der Waals surface area contributed by atoms with Gasteiger partial charge in [-0.1, -0.05) is 65.3 Å². The maximum Gasteiger partial charge on any atom is 0.251 e. The third kappa shape index (κ3) is 4.15. The summed E-state index contributed by atoms with van der Waals surface area (Å²) in [7, 11) is 0. The number of hydrogen-bond donors (Lipinski definition) is 1. The molecule has 7 nitrogen and oxygen atoms in total. The molecule has 0 saturated heterocycles. The summed E-state index contributed by atoms with van der Waals surface area (Å²) in [6.07, 6.45) is 2.01. The number of tetrazole rings is 1. The average Bonchev–Trinajstić information content (AvgIpc) is 3.33. The smallest absolute Gasteiger partial charge is 0.251 e. The highest BCUT2D eigenvalue weighted by molar-refractivity contribution is 5.97. The van der Waals surface area contributed by atoms with Gasteiger partial charge in [0.25, 0.3) is 5.95 Å². The molecule has 34 heavy (non-hydrogen) atoms. The number of carbonyl (C=O) groups is 1. The summed E-state index contributed by atoms with van der Waals surface area (Å²) in [5.41, 5.74) is 3.93. The van der Waals surface area contributed by atoms with Crippen molar-refractivity contribution in [3.63, 3.8) is 0 Å². The molecule has 4 aromatic rings. The Morgan fingerprint density at radius 1 is 1.00 bits per heavy atom. The van der Waals surface area contributed by atoms with Gasteiger partial charge in [-0.3, -0.25) is 9.69 Å². The Morgan fingerprint density at radius 3 is 2.50 bits per heavy atom. The molecular formula is C25H20F2N6O. The van der Waals surface area contributed by atoms with Gasteiger partial charge < -0.3 is 5.32 Å². The van der Waals surface area contributed by atoms with Crippen LogP contribution in [0.5, 0.6) is 0 Å². The van der Waals surface area contributed by atoms with Crippen LogP contribution in [0.3, 0.4) is 0 Å². The monoisotopic (exact) mass is 458 g/mol. The van der Waals surface area contributed by atoms with Gasteiger partial charge in [0.05, 0.1) is 5.70 Å². The molecule has 9 heteroatoms. The predicted octanol–water partition coefficient (Wildman–Crippen LogP) is 4.35. The molecule has 1 aromatic heterocycles. The van der Waals surface area contributed by atoms with Crippen LogP contribution in [0.4, 0.5) is 20.4 Å². The molecule has 0 radical (unpaired) electrons. The van der Waals surface area contributed by atoms with E-state index in [9.17, 15) is 13.6 Å². The number of amides is 1. The van der Waals surface area contributed by atoms with Crippen LogP contribution in [0.15, 0.2) is 78.9 Å². The van der Waals surface area contributed by atoms with Crippen molar-refractivity contribution in [2.45, 2.75) is 13.0 Å². The highest BCUT2D eigenvalue weighted by Gasteiger charge is 2.31. The molecule has 170 valence electrons. The van der Waals surface area contributed by atoms with Crippen molar-refractivity contribution in [3.8, 4) is 0 Å². The maximum absolute atomic E-state index is 13.6. The lowest BCUT2D eigenvalue weighted by molar-refractivity contribution is -0.114. The van der Waals surface area contributed by atoms with Gasteiger partial charge in [0, 0.05) is 11.8 Å². The number of allylic oxidation sites excluding steroid dienone is 1. The lowest BCUT2D eigenvalue weighted by atomic mass is 10.00. The van der Waals surface area contributed by atoms with E-state index < -0.39 is 17.5 Å². The number of fused-ring (bicyclic) bond motifs is 1. The molecule has 1 aliphatic rings. The lowest BCUT2D eigenvalue weighted by Crippen LogP contribution is -2.37. The average molecular weight is 458 g/mol. The molecule has 2 heterocycles. The SMILES string of the molecule is Cc1ccc([C@H]2C=C(c3ccccc3)N(CC(=O)Nc3ccc(F)c(F)c3)c3nnnn32)cc1. The molecule has 0 fully saturated rings. The Morgan fingerprint density at radius 2 is 1.76 bits per heavy atom. The molecule has 0 aliphatic carbocycles. The van der Waals surface area contributed by atoms with E-state index in [2.05, 4.69) is 20.8 Å². The molecule has 5 rings (SSSR count). The Hall–Kier alpha value is -4.40. The number of rotatable bonds is 5. The van der Waals surface area contributed by atoms with Crippen molar-refractivity contribution < 1.29 is 13.6 Å². The van der Waals surface area contributed by atoms with E-state index in [0.717, 1.165) is 34.5 Å². The molecule has 1 atom stereocenters. The topological polar surface area (TPSA) is 75.9 Å². The second-order valence-corrected chi connectivity index (χ2v) is 7.96. The normalized spacial score (nSPS) is 15.0.